The van der Waals surface area contributed by atoms with E-state index in [4.69, 9.17) is 4.74 Å². The van der Waals surface area contributed by atoms with E-state index in [0.717, 1.165) is 63.0 Å². The van der Waals surface area contributed by atoms with Gasteiger partial charge in [0.05, 0.1) is 0 Å². The summed E-state index contributed by atoms with van der Waals surface area (Å²) >= 11 is 0. The standard InChI is InChI=1S/C21H34N4O2/c1-3-4-12-23-20(26)19-10-8-17(9-11-19)15-25-21(22-2)24-13-5-14-27-16-18-6-7-18/h8-11,18H,3-7,12-16H2,1-2H3,(H,23,26)(H2,22,24,25). The Morgan fingerprint density at radius 3 is 2.52 bits per heavy atom. The molecule has 0 aliphatic heterocycles. The zero-order valence-corrected chi connectivity index (χ0v) is 16.7. The van der Waals surface area contributed by atoms with Crippen molar-refractivity contribution in [3.63, 3.8) is 0 Å². The summed E-state index contributed by atoms with van der Waals surface area (Å²) < 4.78 is 5.63. The first-order valence-electron chi connectivity index (χ1n) is 10.1. The minimum Gasteiger partial charge on any atom is -0.381 e. The van der Waals surface area contributed by atoms with Gasteiger partial charge in [0, 0.05) is 45.5 Å². The highest BCUT2D eigenvalue weighted by Crippen LogP contribution is 2.28. The number of ether oxygens (including phenoxy) is 1. The average Bonchev–Trinajstić information content (AvgIpc) is 3.51. The van der Waals surface area contributed by atoms with E-state index in [0.29, 0.717) is 12.1 Å². The monoisotopic (exact) mass is 374 g/mol. The third-order valence-electron chi connectivity index (χ3n) is 4.52. The molecular formula is C21H34N4O2. The van der Waals surface area contributed by atoms with E-state index in [2.05, 4.69) is 27.9 Å². The maximum Gasteiger partial charge on any atom is 0.251 e. The lowest BCUT2D eigenvalue weighted by Gasteiger charge is -2.12. The van der Waals surface area contributed by atoms with E-state index in [9.17, 15) is 4.79 Å². The summed E-state index contributed by atoms with van der Waals surface area (Å²) in [5.74, 6) is 1.59. The van der Waals surface area contributed by atoms with Crippen molar-refractivity contribution < 1.29 is 9.53 Å². The van der Waals surface area contributed by atoms with Gasteiger partial charge in [-0.25, -0.2) is 0 Å². The number of rotatable bonds is 12. The number of aliphatic imine (C=N–C) groups is 1. The van der Waals surface area contributed by atoms with Crippen molar-refractivity contribution >= 4 is 11.9 Å². The Hall–Kier alpha value is -2.08. The largest absolute Gasteiger partial charge is 0.381 e. The van der Waals surface area contributed by atoms with Crippen LogP contribution in [-0.2, 0) is 11.3 Å². The van der Waals surface area contributed by atoms with Gasteiger partial charge in [0.2, 0.25) is 0 Å². The Morgan fingerprint density at radius 1 is 1.11 bits per heavy atom. The fourth-order valence-corrected chi connectivity index (χ4v) is 2.58. The average molecular weight is 375 g/mol. The molecule has 1 aromatic carbocycles. The molecule has 0 radical (unpaired) electrons. The predicted molar refractivity (Wildman–Crippen MR) is 110 cm³/mol. The van der Waals surface area contributed by atoms with Crippen LogP contribution in [0.25, 0.3) is 0 Å². The van der Waals surface area contributed by atoms with Gasteiger partial charge in [0.15, 0.2) is 5.96 Å². The van der Waals surface area contributed by atoms with Crippen LogP contribution in [0.1, 0.15) is 54.9 Å². The minimum atomic E-state index is -0.00987. The van der Waals surface area contributed by atoms with E-state index in [-0.39, 0.29) is 5.91 Å². The highest BCUT2D eigenvalue weighted by Gasteiger charge is 2.20. The fourth-order valence-electron chi connectivity index (χ4n) is 2.58. The molecule has 0 heterocycles. The summed E-state index contributed by atoms with van der Waals surface area (Å²) in [7, 11) is 1.77. The number of guanidine groups is 1. The van der Waals surface area contributed by atoms with Crippen LogP contribution in [0, 0.1) is 5.92 Å². The van der Waals surface area contributed by atoms with Gasteiger partial charge in [0.25, 0.3) is 5.91 Å². The van der Waals surface area contributed by atoms with Gasteiger partial charge in [-0.3, -0.25) is 9.79 Å². The van der Waals surface area contributed by atoms with Crippen LogP contribution in [0.2, 0.25) is 0 Å². The Morgan fingerprint density at radius 2 is 1.85 bits per heavy atom. The summed E-state index contributed by atoms with van der Waals surface area (Å²) in [6.07, 6.45) is 5.72. The lowest BCUT2D eigenvalue weighted by atomic mass is 10.1. The Kier molecular flexibility index (Phi) is 9.69. The van der Waals surface area contributed by atoms with E-state index >= 15 is 0 Å². The number of nitrogens with zero attached hydrogens (tertiary/aromatic N) is 1. The molecule has 0 saturated heterocycles. The second-order valence-electron chi connectivity index (χ2n) is 7.03. The third kappa shape index (κ3) is 8.91. The molecule has 0 atom stereocenters. The second-order valence-corrected chi connectivity index (χ2v) is 7.03. The zero-order valence-electron chi connectivity index (χ0n) is 16.7. The molecule has 1 aliphatic carbocycles. The van der Waals surface area contributed by atoms with Crippen molar-refractivity contribution in [3.05, 3.63) is 35.4 Å². The molecule has 1 fully saturated rings. The topological polar surface area (TPSA) is 74.8 Å². The molecule has 1 amide bonds. The molecule has 0 bridgehead atoms. The predicted octanol–water partition coefficient (Wildman–Crippen LogP) is 2.70. The van der Waals surface area contributed by atoms with Crippen LogP contribution in [0.4, 0.5) is 0 Å². The molecular weight excluding hydrogens is 340 g/mol. The maximum atomic E-state index is 12.0. The molecule has 3 N–H and O–H groups in total. The van der Waals surface area contributed by atoms with E-state index in [1.165, 1.54) is 12.8 Å². The number of carbonyl (C=O) groups is 1. The van der Waals surface area contributed by atoms with Gasteiger partial charge in [-0.05, 0) is 49.3 Å². The fraction of sp³-hybridized carbons (Fsp3) is 0.619. The third-order valence-corrected chi connectivity index (χ3v) is 4.52. The molecule has 6 heteroatoms. The number of amides is 1. The summed E-state index contributed by atoms with van der Waals surface area (Å²) in [4.78, 5) is 16.2. The molecule has 2 rings (SSSR count). The first-order valence-corrected chi connectivity index (χ1v) is 10.1. The summed E-state index contributed by atoms with van der Waals surface area (Å²) in [6.45, 7) is 6.05. The van der Waals surface area contributed by atoms with E-state index < -0.39 is 0 Å². The van der Waals surface area contributed by atoms with E-state index in [1.807, 2.05) is 24.3 Å². The molecule has 1 aliphatic rings. The Labute approximate surface area is 163 Å². The van der Waals surface area contributed by atoms with Crippen molar-refractivity contribution in [2.24, 2.45) is 10.9 Å². The summed E-state index contributed by atoms with van der Waals surface area (Å²) in [6, 6.07) is 7.68. The molecule has 150 valence electrons. The lowest BCUT2D eigenvalue weighted by Crippen LogP contribution is -2.37. The van der Waals surface area contributed by atoms with Gasteiger partial charge in [-0.1, -0.05) is 25.5 Å². The number of hydrogen-bond donors (Lipinski definition) is 3. The van der Waals surface area contributed by atoms with Crippen LogP contribution in [0.3, 0.4) is 0 Å². The van der Waals surface area contributed by atoms with Gasteiger partial charge < -0.3 is 20.7 Å². The van der Waals surface area contributed by atoms with E-state index in [1.54, 1.807) is 7.05 Å². The van der Waals surface area contributed by atoms with Gasteiger partial charge in [-0.2, -0.15) is 0 Å². The smallest absolute Gasteiger partial charge is 0.251 e. The molecule has 1 aromatic rings. The van der Waals surface area contributed by atoms with Crippen LogP contribution < -0.4 is 16.0 Å². The normalized spacial score (nSPS) is 14.1. The molecule has 0 spiro atoms. The van der Waals surface area contributed by atoms with Crippen LogP contribution in [-0.4, -0.2) is 45.2 Å². The van der Waals surface area contributed by atoms with Crippen LogP contribution in [0.5, 0.6) is 0 Å². The summed E-state index contributed by atoms with van der Waals surface area (Å²) in [5, 5.41) is 9.52. The quantitative estimate of drug-likeness (QED) is 0.299. The highest BCUT2D eigenvalue weighted by molar-refractivity contribution is 5.94. The molecule has 0 unspecified atom stereocenters. The number of nitrogens with one attached hydrogen (secondary N) is 3. The van der Waals surface area contributed by atoms with Gasteiger partial charge in [-0.15, -0.1) is 0 Å². The first kappa shape index (κ1) is 21.2. The molecule has 1 saturated carbocycles. The molecule has 27 heavy (non-hydrogen) atoms. The first-order chi connectivity index (χ1) is 13.2. The number of unbranched alkanes of at least 4 members (excludes halogenated alkanes) is 1. The van der Waals surface area contributed by atoms with Crippen LogP contribution >= 0.6 is 0 Å². The Bertz CT molecular complexity index is 582. The lowest BCUT2D eigenvalue weighted by molar-refractivity contribution is 0.0953. The van der Waals surface area contributed by atoms with Crippen molar-refractivity contribution in [2.45, 2.75) is 45.6 Å². The van der Waals surface area contributed by atoms with Crippen molar-refractivity contribution in [1.29, 1.82) is 0 Å². The maximum absolute atomic E-state index is 12.0. The molecule has 0 aromatic heterocycles. The zero-order chi connectivity index (χ0) is 19.3. The minimum absolute atomic E-state index is 0.00987. The van der Waals surface area contributed by atoms with Crippen LogP contribution in [0.15, 0.2) is 29.3 Å². The summed E-state index contributed by atoms with van der Waals surface area (Å²) in [5.41, 5.74) is 1.80. The number of hydrogen-bond acceptors (Lipinski definition) is 3. The van der Waals surface area contributed by atoms with Gasteiger partial charge in [0.1, 0.15) is 0 Å². The van der Waals surface area contributed by atoms with Crippen molar-refractivity contribution in [3.8, 4) is 0 Å². The highest BCUT2D eigenvalue weighted by atomic mass is 16.5. The number of carbonyl (C=O) groups excluding carboxylic acids is 1. The van der Waals surface area contributed by atoms with Gasteiger partial charge >= 0.3 is 0 Å². The van der Waals surface area contributed by atoms with Crippen molar-refractivity contribution in [2.75, 3.05) is 33.4 Å². The Balaban J connectivity index is 1.62. The SMILES string of the molecule is CCCCNC(=O)c1ccc(CNC(=NC)NCCCOCC2CC2)cc1. The molecule has 6 nitrogen and oxygen atoms in total. The number of benzene rings is 1. The van der Waals surface area contributed by atoms with Crippen molar-refractivity contribution in [1.82, 2.24) is 16.0 Å². The second kappa shape index (κ2) is 12.3.